The van der Waals surface area contributed by atoms with Crippen molar-refractivity contribution in [2.24, 2.45) is 16.6 Å². The van der Waals surface area contributed by atoms with Gasteiger partial charge in [0.15, 0.2) is 11.6 Å². The summed E-state index contributed by atoms with van der Waals surface area (Å²) >= 11 is 12.8. The van der Waals surface area contributed by atoms with Gasteiger partial charge in [-0.3, -0.25) is 0 Å². The molecule has 6 aromatic rings. The predicted octanol–water partition coefficient (Wildman–Crippen LogP) is 12.2. The molecule has 0 bridgehead atoms. The second-order valence-corrected chi connectivity index (χ2v) is 28.5. The normalized spacial score (nSPS) is 16.8. The number of piperidine rings is 2. The Balaban J connectivity index is 0.000000233. The van der Waals surface area contributed by atoms with Gasteiger partial charge in [-0.2, -0.15) is 9.97 Å². The average Bonchev–Trinajstić information content (AvgIpc) is 3.37. The Morgan fingerprint density at radius 3 is 1.28 bits per heavy atom. The minimum absolute atomic E-state index is 0. The van der Waals surface area contributed by atoms with Crippen molar-refractivity contribution in [2.45, 2.75) is 63.5 Å². The second kappa shape index (κ2) is 25.9. The van der Waals surface area contributed by atoms with Crippen molar-refractivity contribution in [3.05, 3.63) is 120 Å². The van der Waals surface area contributed by atoms with E-state index in [-0.39, 0.29) is 24.8 Å². The summed E-state index contributed by atoms with van der Waals surface area (Å²) in [7, 11) is 0.449. The molecule has 10 rings (SSSR count). The Bertz CT molecular complexity index is 2950. The molecule has 76 heavy (non-hydrogen) atoms. The molecule has 15 nitrogen and oxygen atoms in total. The summed E-state index contributed by atoms with van der Waals surface area (Å²) in [5.74, 6) is 1.79. The SMILES string of the molecule is CN(C)C1CC2(CCN(c3ccc(Nc4ncc(Cl)c(Nc5ccccc5P(C)(C)=O)n4)cc3)CC2)C1.CO.CP(C)(=O)c1ccccc1Nc1nc(Nc2ccc(N3CCC4(CC3)CC(N)C4)cc2)ncc1Cl.Cl.Cl. The number of nitrogens with one attached hydrogen (secondary N) is 4. The van der Waals surface area contributed by atoms with E-state index in [1.54, 1.807) is 39.1 Å². The number of anilines is 10. The third-order valence-corrected chi connectivity index (χ3v) is 18.7. The number of aliphatic hydroxyl groups is 1. The molecular formula is C55H74Cl4N12O3P2. The molecule has 0 radical (unpaired) electrons. The lowest BCUT2D eigenvalue weighted by Gasteiger charge is -2.54. The van der Waals surface area contributed by atoms with Crippen LogP contribution in [0.25, 0.3) is 0 Å². The maximum absolute atomic E-state index is 12.7. The molecule has 4 aromatic carbocycles. The lowest BCUT2D eigenvalue weighted by atomic mass is 9.60. The highest BCUT2D eigenvalue weighted by atomic mass is 35.5. The first-order chi connectivity index (χ1) is 35.3. The molecule has 4 fully saturated rings. The predicted molar refractivity (Wildman–Crippen MR) is 325 cm³/mol. The lowest BCUT2D eigenvalue weighted by molar-refractivity contribution is 0.00490. The Hall–Kier alpha value is -4.66. The van der Waals surface area contributed by atoms with Gasteiger partial charge < -0.3 is 55.9 Å². The van der Waals surface area contributed by atoms with E-state index in [4.69, 9.17) is 34.0 Å². The molecule has 2 aliphatic carbocycles. The van der Waals surface area contributed by atoms with Crippen molar-refractivity contribution in [1.29, 1.82) is 0 Å². The molecule has 21 heteroatoms. The summed E-state index contributed by atoms with van der Waals surface area (Å²) < 4.78 is 25.4. The minimum Gasteiger partial charge on any atom is -0.400 e. The van der Waals surface area contributed by atoms with Gasteiger partial charge in [-0.15, -0.1) is 24.8 Å². The number of halogens is 4. The highest BCUT2D eigenvalue weighted by Gasteiger charge is 2.47. The topological polar surface area (TPSA) is 190 Å². The number of aromatic nitrogens is 4. The zero-order valence-electron chi connectivity index (χ0n) is 44.5. The maximum atomic E-state index is 12.7. The van der Waals surface area contributed by atoms with Crippen LogP contribution in [-0.2, 0) is 9.13 Å². The molecule has 2 spiro atoms. The van der Waals surface area contributed by atoms with E-state index in [0.29, 0.717) is 50.4 Å². The molecule has 2 aliphatic heterocycles. The molecule has 410 valence electrons. The van der Waals surface area contributed by atoms with Crippen molar-refractivity contribution in [3.63, 3.8) is 0 Å². The van der Waals surface area contributed by atoms with Crippen molar-refractivity contribution >= 4 is 131 Å². The molecular weight excluding hydrogens is 1080 g/mol. The standard InChI is InChI=1S/C28H36ClN6OP.C26H32ClN6OP.CH4O.2ClH/c1-34(2)22-17-28(18-22)13-15-35(16-14-28)21-11-9-20(10-12-21)31-27-30-19-23(29)26(33-27)32-24-7-5-6-8-25(24)37(3,4)36;1-35(2,34)23-6-4-3-5-22(23)31-24-21(27)17-29-25(32-24)30-19-7-9-20(10-8-19)33-13-11-26(12-14-33)15-18(28)16-26;1-2;;/h5-12,19,22H,13-18H2,1-4H3,(H2,30,31,32,33);3-10,17-18H,11-16,28H2,1-2H3,(H2,29,30,31,32);2H,1H3;2*1H. The van der Waals surface area contributed by atoms with Crippen LogP contribution in [0.4, 0.5) is 57.7 Å². The van der Waals surface area contributed by atoms with E-state index in [0.717, 1.165) is 72.7 Å². The monoisotopic (exact) mass is 1150 g/mol. The molecule has 7 N–H and O–H groups in total. The van der Waals surface area contributed by atoms with E-state index in [2.05, 4.69) is 106 Å². The van der Waals surface area contributed by atoms with Crippen molar-refractivity contribution < 1.29 is 14.2 Å². The summed E-state index contributed by atoms with van der Waals surface area (Å²) in [5.41, 5.74) is 12.8. The fourth-order valence-corrected chi connectivity index (χ4v) is 13.4. The van der Waals surface area contributed by atoms with Gasteiger partial charge in [0.05, 0.1) is 23.8 Å². The number of hydrogen-bond acceptors (Lipinski definition) is 15. The third-order valence-electron chi connectivity index (χ3n) is 15.0. The van der Waals surface area contributed by atoms with Gasteiger partial charge >= 0.3 is 0 Å². The van der Waals surface area contributed by atoms with Gasteiger partial charge in [-0.05, 0) is 176 Å². The van der Waals surface area contributed by atoms with Crippen LogP contribution in [0.15, 0.2) is 109 Å². The molecule has 0 unspecified atom stereocenters. The average molecular weight is 1160 g/mol. The van der Waals surface area contributed by atoms with Crippen molar-refractivity contribution in [1.82, 2.24) is 24.8 Å². The summed E-state index contributed by atoms with van der Waals surface area (Å²) in [6, 6.07) is 33.0. The van der Waals surface area contributed by atoms with E-state index in [9.17, 15) is 9.13 Å². The highest BCUT2D eigenvalue weighted by Crippen LogP contribution is 2.51. The summed E-state index contributed by atoms with van der Waals surface area (Å²) in [6.45, 7) is 11.4. The van der Waals surface area contributed by atoms with Crippen molar-refractivity contribution in [2.75, 3.05) is 105 Å². The van der Waals surface area contributed by atoms with E-state index in [1.807, 2.05) is 60.7 Å². The largest absolute Gasteiger partial charge is 0.400 e. The fraction of sp³-hybridized carbons (Fsp3) is 0.418. The fourth-order valence-electron chi connectivity index (χ4n) is 10.8. The molecule has 4 aliphatic rings. The quantitative estimate of drug-likeness (QED) is 0.0599. The Morgan fingerprint density at radius 1 is 0.579 bits per heavy atom. The Kier molecular flexibility index (Phi) is 20.6. The minimum atomic E-state index is -2.47. The summed E-state index contributed by atoms with van der Waals surface area (Å²) in [5, 5.41) is 22.3. The Morgan fingerprint density at radius 2 is 0.934 bits per heavy atom. The van der Waals surface area contributed by atoms with Crippen LogP contribution in [0.3, 0.4) is 0 Å². The summed E-state index contributed by atoms with van der Waals surface area (Å²) in [6.07, 6.45) is 13.2. The van der Waals surface area contributed by atoms with E-state index < -0.39 is 14.3 Å². The number of nitrogens with two attached hydrogens (primary N) is 1. The highest BCUT2D eigenvalue weighted by molar-refractivity contribution is 7.70. The summed E-state index contributed by atoms with van der Waals surface area (Å²) in [4.78, 5) is 25.1. The van der Waals surface area contributed by atoms with Gasteiger partial charge in [-0.25, -0.2) is 9.97 Å². The first-order valence-electron chi connectivity index (χ1n) is 25.3. The van der Waals surface area contributed by atoms with Gasteiger partial charge in [0.25, 0.3) is 0 Å². The third kappa shape index (κ3) is 14.9. The van der Waals surface area contributed by atoms with E-state index >= 15 is 0 Å². The zero-order valence-corrected chi connectivity index (χ0v) is 49.4. The molecule has 2 saturated carbocycles. The number of aliphatic hydroxyl groups excluding tert-OH is 1. The molecule has 4 heterocycles. The molecule has 2 saturated heterocycles. The lowest BCUT2D eigenvalue weighted by Crippen LogP contribution is -2.53. The van der Waals surface area contributed by atoms with Crippen LogP contribution in [0.5, 0.6) is 0 Å². The van der Waals surface area contributed by atoms with Crippen LogP contribution in [0.2, 0.25) is 10.0 Å². The molecule has 2 aromatic heterocycles. The van der Waals surface area contributed by atoms with Crippen LogP contribution in [0, 0.1) is 10.8 Å². The molecule has 0 amide bonds. The van der Waals surface area contributed by atoms with Crippen molar-refractivity contribution in [3.8, 4) is 0 Å². The maximum Gasteiger partial charge on any atom is 0.229 e. The van der Waals surface area contributed by atoms with Gasteiger partial charge in [0.1, 0.15) is 24.3 Å². The number of nitrogens with zero attached hydrogens (tertiary/aromatic N) is 7. The van der Waals surface area contributed by atoms with Crippen LogP contribution in [0.1, 0.15) is 51.4 Å². The smallest absolute Gasteiger partial charge is 0.229 e. The number of para-hydroxylation sites is 2. The Labute approximate surface area is 471 Å². The van der Waals surface area contributed by atoms with E-state index in [1.165, 1.54) is 62.7 Å². The first kappa shape index (κ1) is 60.6. The van der Waals surface area contributed by atoms with Gasteiger partial charge in [0, 0.05) is 78.7 Å². The first-order valence-corrected chi connectivity index (χ1v) is 31.3. The van der Waals surface area contributed by atoms with Gasteiger partial charge in [-0.1, -0.05) is 47.5 Å². The number of hydrogen-bond donors (Lipinski definition) is 6. The van der Waals surface area contributed by atoms with Crippen LogP contribution < -0.4 is 47.4 Å². The zero-order chi connectivity index (χ0) is 52.8. The van der Waals surface area contributed by atoms with Crippen LogP contribution in [-0.4, -0.2) is 116 Å². The van der Waals surface area contributed by atoms with Crippen LogP contribution >= 0.6 is 62.3 Å². The number of rotatable bonds is 13. The van der Waals surface area contributed by atoms with Gasteiger partial charge in [0.2, 0.25) is 11.9 Å². The molecule has 0 atom stereocenters. The number of benzene rings is 4. The second-order valence-electron chi connectivity index (χ2n) is 21.3.